The molecule has 0 saturated carbocycles. The van der Waals surface area contributed by atoms with Crippen LogP contribution in [0.25, 0.3) is 0 Å². The molecule has 0 bridgehead atoms. The van der Waals surface area contributed by atoms with Crippen molar-refractivity contribution in [1.82, 2.24) is 4.90 Å². The van der Waals surface area contributed by atoms with E-state index in [0.717, 1.165) is 5.75 Å². The zero-order valence-electron chi connectivity index (χ0n) is 13.3. The molecule has 1 aromatic rings. The molecule has 1 aliphatic rings. The van der Waals surface area contributed by atoms with Crippen molar-refractivity contribution in [3.05, 3.63) is 29.3 Å². The van der Waals surface area contributed by atoms with Crippen LogP contribution in [0.15, 0.2) is 18.2 Å². The van der Waals surface area contributed by atoms with Gasteiger partial charge in [-0.15, -0.1) is 0 Å². The summed E-state index contributed by atoms with van der Waals surface area (Å²) in [5.74, 6) is 1.02. The molecular formula is C17H25NO3. The van der Waals surface area contributed by atoms with Crippen molar-refractivity contribution in [1.29, 1.82) is 0 Å². The van der Waals surface area contributed by atoms with Gasteiger partial charge in [0.2, 0.25) is 5.91 Å². The van der Waals surface area contributed by atoms with E-state index in [9.17, 15) is 9.90 Å². The fourth-order valence-corrected chi connectivity index (χ4v) is 2.37. The fraction of sp³-hybridized carbons (Fsp3) is 0.588. The van der Waals surface area contributed by atoms with Gasteiger partial charge >= 0.3 is 0 Å². The SMILES string of the molecule is Cc1ccc(OCCC(=O)N2CC(O)(C(C)C)C2)cc1C. The van der Waals surface area contributed by atoms with Gasteiger partial charge in [-0.1, -0.05) is 19.9 Å². The average Bonchev–Trinajstić information content (AvgIpc) is 2.38. The first-order valence-electron chi connectivity index (χ1n) is 7.52. The number of carbonyl (C=O) groups is 1. The molecule has 1 aliphatic heterocycles. The zero-order chi connectivity index (χ0) is 15.6. The van der Waals surface area contributed by atoms with Gasteiger partial charge in [-0.25, -0.2) is 0 Å². The van der Waals surface area contributed by atoms with Gasteiger partial charge in [-0.05, 0) is 43.0 Å². The molecule has 1 N–H and O–H groups in total. The molecule has 1 saturated heterocycles. The number of carbonyl (C=O) groups excluding carboxylic acids is 1. The van der Waals surface area contributed by atoms with Crippen LogP contribution in [-0.2, 0) is 4.79 Å². The van der Waals surface area contributed by atoms with Crippen molar-refractivity contribution in [3.63, 3.8) is 0 Å². The second-order valence-corrected chi connectivity index (χ2v) is 6.35. The largest absolute Gasteiger partial charge is 0.493 e. The van der Waals surface area contributed by atoms with Crippen molar-refractivity contribution in [3.8, 4) is 5.75 Å². The third-order valence-corrected chi connectivity index (χ3v) is 4.42. The Labute approximate surface area is 126 Å². The topological polar surface area (TPSA) is 49.8 Å². The van der Waals surface area contributed by atoms with Crippen LogP contribution in [0.5, 0.6) is 5.75 Å². The molecule has 1 fully saturated rings. The molecular weight excluding hydrogens is 266 g/mol. The van der Waals surface area contributed by atoms with Crippen molar-refractivity contribution < 1.29 is 14.6 Å². The van der Waals surface area contributed by atoms with Crippen LogP contribution >= 0.6 is 0 Å². The number of amides is 1. The van der Waals surface area contributed by atoms with Crippen LogP contribution in [0.2, 0.25) is 0 Å². The highest BCUT2D eigenvalue weighted by Crippen LogP contribution is 2.28. The van der Waals surface area contributed by atoms with Gasteiger partial charge in [-0.2, -0.15) is 0 Å². The van der Waals surface area contributed by atoms with Gasteiger partial charge in [0, 0.05) is 0 Å². The van der Waals surface area contributed by atoms with E-state index in [-0.39, 0.29) is 11.8 Å². The Morgan fingerprint density at radius 2 is 2.00 bits per heavy atom. The Balaban J connectivity index is 1.74. The number of β-amino-alcohol motifs (C(OH)–C–C–N with tert-alkyl or cyclic N) is 1. The summed E-state index contributed by atoms with van der Waals surface area (Å²) in [5, 5.41) is 10.1. The molecule has 2 rings (SSSR count). The Kier molecular flexibility index (Phi) is 4.57. The minimum Gasteiger partial charge on any atom is -0.493 e. The van der Waals surface area contributed by atoms with Gasteiger partial charge in [-0.3, -0.25) is 4.79 Å². The molecule has 1 aromatic carbocycles. The van der Waals surface area contributed by atoms with Crippen LogP contribution in [0.4, 0.5) is 0 Å². The summed E-state index contributed by atoms with van der Waals surface area (Å²) in [5.41, 5.74) is 1.71. The third kappa shape index (κ3) is 3.56. The van der Waals surface area contributed by atoms with Gasteiger partial charge in [0.25, 0.3) is 0 Å². The van der Waals surface area contributed by atoms with E-state index in [1.54, 1.807) is 4.90 Å². The highest BCUT2D eigenvalue weighted by Gasteiger charge is 2.45. The van der Waals surface area contributed by atoms with Crippen LogP contribution in [0.3, 0.4) is 0 Å². The van der Waals surface area contributed by atoms with E-state index in [1.807, 2.05) is 39.0 Å². The van der Waals surface area contributed by atoms with Gasteiger partial charge < -0.3 is 14.7 Å². The first-order chi connectivity index (χ1) is 9.82. The summed E-state index contributed by atoms with van der Waals surface area (Å²) in [6.45, 7) is 9.30. The lowest BCUT2D eigenvalue weighted by atomic mass is 9.83. The van der Waals surface area contributed by atoms with Gasteiger partial charge in [0.15, 0.2) is 0 Å². The Hall–Kier alpha value is -1.55. The van der Waals surface area contributed by atoms with Crippen LogP contribution in [0, 0.1) is 19.8 Å². The minimum absolute atomic E-state index is 0.0455. The quantitative estimate of drug-likeness (QED) is 0.905. The molecule has 4 heteroatoms. The summed E-state index contributed by atoms with van der Waals surface area (Å²) >= 11 is 0. The number of nitrogens with zero attached hydrogens (tertiary/aromatic N) is 1. The average molecular weight is 291 g/mol. The molecule has 0 aliphatic carbocycles. The molecule has 1 amide bonds. The third-order valence-electron chi connectivity index (χ3n) is 4.42. The summed E-state index contributed by atoms with van der Waals surface area (Å²) in [4.78, 5) is 13.7. The summed E-state index contributed by atoms with van der Waals surface area (Å²) in [7, 11) is 0. The lowest BCUT2D eigenvalue weighted by Crippen LogP contribution is -2.66. The van der Waals surface area contributed by atoms with E-state index < -0.39 is 5.60 Å². The number of aryl methyl sites for hydroxylation is 2. The Morgan fingerprint density at radius 3 is 2.57 bits per heavy atom. The van der Waals surface area contributed by atoms with Crippen molar-refractivity contribution in [2.24, 2.45) is 5.92 Å². The van der Waals surface area contributed by atoms with E-state index in [4.69, 9.17) is 4.74 Å². The molecule has 0 radical (unpaired) electrons. The maximum atomic E-state index is 12.0. The summed E-state index contributed by atoms with van der Waals surface area (Å²) in [6.07, 6.45) is 0.348. The van der Waals surface area contributed by atoms with E-state index in [2.05, 4.69) is 6.92 Å². The highest BCUT2D eigenvalue weighted by atomic mass is 16.5. The second-order valence-electron chi connectivity index (χ2n) is 6.35. The van der Waals surface area contributed by atoms with E-state index >= 15 is 0 Å². The van der Waals surface area contributed by atoms with E-state index in [0.29, 0.717) is 26.1 Å². The Morgan fingerprint density at radius 1 is 1.33 bits per heavy atom. The van der Waals surface area contributed by atoms with Crippen LogP contribution in [0.1, 0.15) is 31.4 Å². The normalized spacial score (nSPS) is 16.8. The van der Waals surface area contributed by atoms with Gasteiger partial charge in [0.05, 0.1) is 26.1 Å². The molecule has 21 heavy (non-hydrogen) atoms. The van der Waals surface area contributed by atoms with Crippen molar-refractivity contribution >= 4 is 5.91 Å². The van der Waals surface area contributed by atoms with Crippen molar-refractivity contribution in [2.45, 2.75) is 39.7 Å². The predicted octanol–water partition coefficient (Wildman–Crippen LogP) is 2.30. The second kappa shape index (κ2) is 6.06. The van der Waals surface area contributed by atoms with Crippen LogP contribution in [-0.4, -0.2) is 41.2 Å². The molecule has 0 atom stereocenters. The molecule has 0 spiro atoms. The summed E-state index contributed by atoms with van der Waals surface area (Å²) < 4.78 is 5.62. The minimum atomic E-state index is -0.704. The van der Waals surface area contributed by atoms with Gasteiger partial charge in [0.1, 0.15) is 11.4 Å². The van der Waals surface area contributed by atoms with Crippen molar-refractivity contribution in [2.75, 3.05) is 19.7 Å². The first kappa shape index (κ1) is 15.8. The number of benzene rings is 1. The molecule has 116 valence electrons. The smallest absolute Gasteiger partial charge is 0.226 e. The molecule has 1 heterocycles. The van der Waals surface area contributed by atoms with E-state index in [1.165, 1.54) is 11.1 Å². The summed E-state index contributed by atoms with van der Waals surface area (Å²) in [6, 6.07) is 5.93. The lowest BCUT2D eigenvalue weighted by molar-refractivity contribution is -0.164. The zero-order valence-corrected chi connectivity index (χ0v) is 13.3. The lowest BCUT2D eigenvalue weighted by Gasteiger charge is -2.49. The maximum absolute atomic E-state index is 12.0. The standard InChI is InChI=1S/C17H25NO3/c1-12(2)17(20)10-18(11-17)16(19)7-8-21-15-6-5-13(3)14(4)9-15/h5-6,9,12,20H,7-8,10-11H2,1-4H3. The number of hydrogen-bond donors (Lipinski definition) is 1. The van der Waals surface area contributed by atoms with Crippen LogP contribution < -0.4 is 4.74 Å². The molecule has 0 unspecified atom stereocenters. The Bertz CT molecular complexity index is 519. The molecule has 0 aromatic heterocycles. The number of likely N-dealkylation sites (tertiary alicyclic amines) is 1. The number of aliphatic hydroxyl groups is 1. The molecule has 4 nitrogen and oxygen atoms in total. The predicted molar refractivity (Wildman–Crippen MR) is 82.4 cm³/mol. The first-order valence-corrected chi connectivity index (χ1v) is 7.52. The monoisotopic (exact) mass is 291 g/mol. The number of ether oxygens (including phenoxy) is 1. The maximum Gasteiger partial charge on any atom is 0.226 e. The highest BCUT2D eigenvalue weighted by molar-refractivity contribution is 5.77. The fourth-order valence-electron chi connectivity index (χ4n) is 2.37. The number of hydrogen-bond acceptors (Lipinski definition) is 3. The number of rotatable bonds is 5.